The molecular formula is C18H17N5O2. The maximum absolute atomic E-state index is 12.2. The maximum atomic E-state index is 12.2. The Hall–Kier alpha value is -3.22. The van der Waals surface area contributed by atoms with Crippen LogP contribution in [-0.4, -0.2) is 27.1 Å². The fourth-order valence-corrected chi connectivity index (χ4v) is 3.08. The van der Waals surface area contributed by atoms with Crippen LogP contribution in [0.1, 0.15) is 28.7 Å². The summed E-state index contributed by atoms with van der Waals surface area (Å²) in [6.07, 6.45) is 4.07. The largest absolute Gasteiger partial charge is 0.360 e. The first kappa shape index (κ1) is 15.3. The number of benzene rings is 1. The number of nitrogens with zero attached hydrogens (tertiary/aromatic N) is 4. The molecule has 3 heterocycles. The highest BCUT2D eigenvalue weighted by molar-refractivity contribution is 6.02. The lowest BCUT2D eigenvalue weighted by atomic mass is 10.1. The van der Waals surface area contributed by atoms with Gasteiger partial charge in [-0.3, -0.25) is 4.79 Å². The van der Waals surface area contributed by atoms with E-state index >= 15 is 0 Å². The third-order valence-electron chi connectivity index (χ3n) is 4.19. The van der Waals surface area contributed by atoms with Gasteiger partial charge in [-0.05, 0) is 31.9 Å². The van der Waals surface area contributed by atoms with Crippen molar-refractivity contribution in [3.63, 3.8) is 0 Å². The van der Waals surface area contributed by atoms with Crippen LogP contribution in [0.4, 0.5) is 17.3 Å². The molecule has 1 aliphatic rings. The van der Waals surface area contributed by atoms with Crippen molar-refractivity contribution in [2.45, 2.75) is 26.3 Å². The van der Waals surface area contributed by atoms with Crippen molar-refractivity contribution in [1.29, 1.82) is 0 Å². The molecule has 2 aromatic heterocycles. The third kappa shape index (κ3) is 2.84. The van der Waals surface area contributed by atoms with Gasteiger partial charge in [-0.2, -0.15) is 0 Å². The summed E-state index contributed by atoms with van der Waals surface area (Å²) in [6.45, 7) is 3.90. The van der Waals surface area contributed by atoms with Gasteiger partial charge in [0.1, 0.15) is 11.5 Å². The van der Waals surface area contributed by atoms with Crippen LogP contribution in [0, 0.1) is 6.92 Å². The predicted molar refractivity (Wildman–Crippen MR) is 93.0 cm³/mol. The number of aryl methyl sites for hydroxylation is 1. The molecule has 1 atom stereocenters. The van der Waals surface area contributed by atoms with Crippen molar-refractivity contribution in [1.82, 2.24) is 15.1 Å². The van der Waals surface area contributed by atoms with Crippen molar-refractivity contribution < 1.29 is 9.32 Å². The van der Waals surface area contributed by atoms with Gasteiger partial charge in [-0.25, -0.2) is 9.97 Å². The van der Waals surface area contributed by atoms with E-state index in [1.54, 1.807) is 19.2 Å². The second-order valence-electron chi connectivity index (χ2n) is 6.09. The number of para-hydroxylation sites is 1. The zero-order valence-corrected chi connectivity index (χ0v) is 13.9. The highest BCUT2D eigenvalue weighted by Gasteiger charge is 2.28. The minimum Gasteiger partial charge on any atom is -0.360 e. The van der Waals surface area contributed by atoms with Crippen molar-refractivity contribution >= 4 is 23.2 Å². The van der Waals surface area contributed by atoms with E-state index in [1.165, 1.54) is 11.8 Å². The quantitative estimate of drug-likeness (QED) is 0.792. The van der Waals surface area contributed by atoms with Gasteiger partial charge in [0.25, 0.3) is 5.91 Å². The van der Waals surface area contributed by atoms with E-state index in [9.17, 15) is 4.79 Å². The number of carbonyl (C=O) groups excluding carboxylic acids is 1. The Balaban J connectivity index is 1.55. The van der Waals surface area contributed by atoms with Crippen molar-refractivity contribution in [2.24, 2.45) is 0 Å². The van der Waals surface area contributed by atoms with Crippen LogP contribution >= 0.6 is 0 Å². The highest BCUT2D eigenvalue weighted by atomic mass is 16.5. The first-order valence-electron chi connectivity index (χ1n) is 8.05. The van der Waals surface area contributed by atoms with Crippen LogP contribution in [0.5, 0.6) is 0 Å². The molecule has 0 radical (unpaired) electrons. The summed E-state index contributed by atoms with van der Waals surface area (Å²) in [5.74, 6) is 1.34. The Bertz CT molecular complexity index is 919. The van der Waals surface area contributed by atoms with Gasteiger partial charge in [0, 0.05) is 17.8 Å². The van der Waals surface area contributed by atoms with E-state index < -0.39 is 0 Å². The van der Waals surface area contributed by atoms with E-state index in [-0.39, 0.29) is 11.6 Å². The summed E-state index contributed by atoms with van der Waals surface area (Å²) in [7, 11) is 0. The van der Waals surface area contributed by atoms with Gasteiger partial charge in [-0.1, -0.05) is 23.4 Å². The van der Waals surface area contributed by atoms with Crippen LogP contribution in [0.15, 0.2) is 47.2 Å². The Kier molecular flexibility index (Phi) is 3.68. The normalized spacial score (nSPS) is 15.9. The lowest BCUT2D eigenvalue weighted by Crippen LogP contribution is -2.25. The van der Waals surface area contributed by atoms with Crippen LogP contribution in [-0.2, 0) is 6.42 Å². The van der Waals surface area contributed by atoms with E-state index in [1.807, 2.05) is 12.1 Å². The molecule has 3 aromatic rings. The average molecular weight is 335 g/mol. The molecule has 0 saturated carbocycles. The fourth-order valence-electron chi connectivity index (χ4n) is 3.08. The molecule has 1 aliphatic heterocycles. The number of anilines is 3. The minimum absolute atomic E-state index is 0.226. The lowest BCUT2D eigenvalue weighted by Gasteiger charge is -2.23. The average Bonchev–Trinajstić information content (AvgIpc) is 3.17. The molecule has 1 aromatic carbocycles. The van der Waals surface area contributed by atoms with Crippen molar-refractivity contribution in [3.8, 4) is 0 Å². The Morgan fingerprint density at radius 1 is 1.28 bits per heavy atom. The summed E-state index contributed by atoms with van der Waals surface area (Å²) >= 11 is 0. The number of carbonyl (C=O) groups is 1. The predicted octanol–water partition coefficient (Wildman–Crippen LogP) is 3.11. The van der Waals surface area contributed by atoms with Crippen LogP contribution in [0.25, 0.3) is 0 Å². The Morgan fingerprint density at radius 3 is 2.84 bits per heavy atom. The van der Waals surface area contributed by atoms with Crippen LogP contribution < -0.4 is 10.2 Å². The van der Waals surface area contributed by atoms with Gasteiger partial charge >= 0.3 is 0 Å². The number of aromatic nitrogens is 3. The first-order valence-corrected chi connectivity index (χ1v) is 8.05. The summed E-state index contributed by atoms with van der Waals surface area (Å²) in [5, 5.41) is 6.37. The Morgan fingerprint density at radius 2 is 2.12 bits per heavy atom. The molecular weight excluding hydrogens is 318 g/mol. The molecule has 0 aliphatic carbocycles. The number of hydrogen-bond donors (Lipinski definition) is 1. The van der Waals surface area contributed by atoms with Gasteiger partial charge in [-0.15, -0.1) is 0 Å². The fraction of sp³-hybridized carbons (Fsp3) is 0.222. The van der Waals surface area contributed by atoms with Gasteiger partial charge in [0.2, 0.25) is 0 Å². The molecule has 1 N–H and O–H groups in total. The van der Waals surface area contributed by atoms with Gasteiger partial charge < -0.3 is 14.7 Å². The molecule has 0 saturated heterocycles. The molecule has 7 nitrogen and oxygen atoms in total. The SMILES string of the molecule is Cc1cc(NC(=O)c2cnc(N3c4ccccc4CC3C)cn2)no1. The number of rotatable bonds is 3. The van der Waals surface area contributed by atoms with E-state index in [0.717, 1.165) is 17.9 Å². The first-order chi connectivity index (χ1) is 12.1. The summed E-state index contributed by atoms with van der Waals surface area (Å²) in [6, 6.07) is 10.2. The molecule has 4 rings (SSSR count). The lowest BCUT2D eigenvalue weighted by molar-refractivity contribution is 0.102. The van der Waals surface area contributed by atoms with E-state index in [4.69, 9.17) is 4.52 Å². The monoisotopic (exact) mass is 335 g/mol. The smallest absolute Gasteiger partial charge is 0.277 e. The van der Waals surface area contributed by atoms with Crippen LogP contribution in [0.2, 0.25) is 0 Å². The third-order valence-corrected chi connectivity index (χ3v) is 4.19. The second-order valence-corrected chi connectivity index (χ2v) is 6.09. The molecule has 126 valence electrons. The van der Waals surface area contributed by atoms with Crippen LogP contribution in [0.3, 0.4) is 0 Å². The summed E-state index contributed by atoms with van der Waals surface area (Å²) in [5.41, 5.74) is 2.66. The standard InChI is InChI=1S/C18H17N5O2/c1-11-7-13-5-3-4-6-15(13)23(11)17-10-19-14(9-20-17)18(24)21-16-8-12(2)25-22-16/h3-6,8-11H,7H2,1-2H3,(H,21,22,24). The molecule has 25 heavy (non-hydrogen) atoms. The van der Waals surface area contributed by atoms with E-state index in [2.05, 4.69) is 44.4 Å². The molecule has 0 bridgehead atoms. The molecule has 0 fully saturated rings. The molecule has 7 heteroatoms. The molecule has 0 spiro atoms. The number of amides is 1. The van der Waals surface area contributed by atoms with Gasteiger partial charge in [0.15, 0.2) is 11.6 Å². The topological polar surface area (TPSA) is 84.2 Å². The second kappa shape index (κ2) is 6.01. The Labute approximate surface area is 144 Å². The van der Waals surface area contributed by atoms with E-state index in [0.29, 0.717) is 17.6 Å². The highest BCUT2D eigenvalue weighted by Crippen LogP contribution is 2.36. The summed E-state index contributed by atoms with van der Waals surface area (Å²) in [4.78, 5) is 23.0. The zero-order valence-electron chi connectivity index (χ0n) is 13.9. The number of nitrogens with one attached hydrogen (secondary N) is 1. The van der Waals surface area contributed by atoms with Crippen molar-refractivity contribution in [3.05, 3.63) is 59.7 Å². The number of hydrogen-bond acceptors (Lipinski definition) is 6. The summed E-state index contributed by atoms with van der Waals surface area (Å²) < 4.78 is 4.93. The number of fused-ring (bicyclic) bond motifs is 1. The van der Waals surface area contributed by atoms with Gasteiger partial charge in [0.05, 0.1) is 12.4 Å². The minimum atomic E-state index is -0.373. The molecule has 1 amide bonds. The maximum Gasteiger partial charge on any atom is 0.277 e. The zero-order chi connectivity index (χ0) is 17.4. The van der Waals surface area contributed by atoms with Crippen molar-refractivity contribution in [2.75, 3.05) is 10.2 Å². The molecule has 1 unspecified atom stereocenters.